The zero-order chi connectivity index (χ0) is 13.2. The van der Waals surface area contributed by atoms with Gasteiger partial charge in [0, 0.05) is 16.7 Å². The predicted molar refractivity (Wildman–Crippen MR) is 69.0 cm³/mol. The Hall–Kier alpha value is -2.55. The van der Waals surface area contributed by atoms with E-state index in [-0.39, 0.29) is 0 Å². The monoisotopic (exact) mass is 240 g/mol. The molecule has 0 saturated heterocycles. The van der Waals surface area contributed by atoms with Gasteiger partial charge in [0.1, 0.15) is 18.9 Å². The second-order valence-corrected chi connectivity index (χ2v) is 3.43. The van der Waals surface area contributed by atoms with Crippen LogP contribution in [-0.4, -0.2) is 18.9 Å². The number of hydrogen-bond acceptors (Lipinski definition) is 3. The van der Waals surface area contributed by atoms with Crippen LogP contribution in [0.4, 0.5) is 0 Å². The van der Waals surface area contributed by atoms with Crippen molar-refractivity contribution in [3.05, 3.63) is 71.3 Å². The number of carbonyl (C=O) groups excluding carboxylic acids is 3. The Morgan fingerprint density at radius 2 is 0.833 bits per heavy atom. The SMILES string of the molecule is O=Cc1ccc(C=O)cc1.O=Cc1ccccc1. The quantitative estimate of drug-likeness (QED) is 0.775. The zero-order valence-electron chi connectivity index (χ0n) is 9.65. The van der Waals surface area contributed by atoms with Crippen LogP contribution < -0.4 is 0 Å². The molecule has 0 atom stereocenters. The van der Waals surface area contributed by atoms with E-state index in [1.54, 1.807) is 36.4 Å². The van der Waals surface area contributed by atoms with E-state index in [1.165, 1.54) is 0 Å². The second kappa shape index (κ2) is 7.68. The van der Waals surface area contributed by atoms with Crippen LogP contribution in [-0.2, 0) is 0 Å². The molecule has 0 heterocycles. The first-order valence-electron chi connectivity index (χ1n) is 5.31. The molecule has 0 radical (unpaired) electrons. The minimum atomic E-state index is 0.589. The lowest BCUT2D eigenvalue weighted by molar-refractivity contribution is 0.111. The largest absolute Gasteiger partial charge is 0.298 e. The van der Waals surface area contributed by atoms with Gasteiger partial charge in [-0.2, -0.15) is 0 Å². The molecule has 0 bridgehead atoms. The van der Waals surface area contributed by atoms with Crippen LogP contribution in [0.5, 0.6) is 0 Å². The van der Waals surface area contributed by atoms with E-state index < -0.39 is 0 Å². The average molecular weight is 240 g/mol. The molecule has 90 valence electrons. The molecule has 0 aliphatic heterocycles. The van der Waals surface area contributed by atoms with Gasteiger partial charge in [0.2, 0.25) is 0 Å². The lowest BCUT2D eigenvalue weighted by Crippen LogP contribution is -1.81. The molecule has 3 heteroatoms. The molecule has 2 rings (SSSR count). The molecule has 0 unspecified atom stereocenters. The van der Waals surface area contributed by atoms with Crippen molar-refractivity contribution in [3.63, 3.8) is 0 Å². The van der Waals surface area contributed by atoms with Gasteiger partial charge >= 0.3 is 0 Å². The molecule has 0 aliphatic carbocycles. The minimum absolute atomic E-state index is 0.589. The highest BCUT2D eigenvalue weighted by molar-refractivity contribution is 5.79. The van der Waals surface area contributed by atoms with Crippen molar-refractivity contribution in [2.24, 2.45) is 0 Å². The fourth-order valence-corrected chi connectivity index (χ4v) is 1.18. The van der Waals surface area contributed by atoms with Crippen molar-refractivity contribution in [3.8, 4) is 0 Å². The number of carbonyl (C=O) groups is 3. The number of rotatable bonds is 3. The first-order valence-corrected chi connectivity index (χ1v) is 5.31. The Labute approximate surface area is 105 Å². The van der Waals surface area contributed by atoms with Crippen molar-refractivity contribution < 1.29 is 14.4 Å². The smallest absolute Gasteiger partial charge is 0.150 e. The third-order valence-corrected chi connectivity index (χ3v) is 2.14. The van der Waals surface area contributed by atoms with Crippen molar-refractivity contribution in [1.82, 2.24) is 0 Å². The Morgan fingerprint density at radius 1 is 0.500 bits per heavy atom. The van der Waals surface area contributed by atoms with Crippen LogP contribution in [0.1, 0.15) is 31.1 Å². The number of benzene rings is 2. The van der Waals surface area contributed by atoms with Gasteiger partial charge < -0.3 is 0 Å². The average Bonchev–Trinajstić information content (AvgIpc) is 2.49. The molecule has 0 saturated carbocycles. The summed E-state index contributed by atoms with van der Waals surface area (Å²) in [6.45, 7) is 0. The molecule has 0 aliphatic rings. The van der Waals surface area contributed by atoms with Gasteiger partial charge in [-0.05, 0) is 0 Å². The predicted octanol–water partition coefficient (Wildman–Crippen LogP) is 2.81. The summed E-state index contributed by atoms with van der Waals surface area (Å²) in [5.41, 5.74) is 1.91. The molecule has 0 N–H and O–H groups in total. The summed E-state index contributed by atoms with van der Waals surface area (Å²) in [5.74, 6) is 0. The molecule has 18 heavy (non-hydrogen) atoms. The molecule has 0 spiro atoms. The number of aldehydes is 3. The summed E-state index contributed by atoms with van der Waals surface area (Å²) in [7, 11) is 0. The van der Waals surface area contributed by atoms with E-state index in [2.05, 4.69) is 0 Å². The van der Waals surface area contributed by atoms with Crippen LogP contribution in [0.3, 0.4) is 0 Å². The lowest BCUT2D eigenvalue weighted by atomic mass is 10.2. The van der Waals surface area contributed by atoms with Gasteiger partial charge in [-0.15, -0.1) is 0 Å². The Bertz CT molecular complexity index is 474. The first kappa shape index (κ1) is 13.5. The normalized spacial score (nSPS) is 8.67. The minimum Gasteiger partial charge on any atom is -0.298 e. The maximum absolute atomic E-state index is 10.1. The fraction of sp³-hybridized carbons (Fsp3) is 0. The summed E-state index contributed by atoms with van der Waals surface area (Å²) in [6, 6.07) is 15.5. The maximum atomic E-state index is 10.1. The Balaban J connectivity index is 0.000000184. The Morgan fingerprint density at radius 3 is 1.11 bits per heavy atom. The van der Waals surface area contributed by atoms with Gasteiger partial charge in [-0.1, -0.05) is 54.6 Å². The molecular formula is C15H12O3. The third-order valence-electron chi connectivity index (χ3n) is 2.14. The van der Waals surface area contributed by atoms with Gasteiger partial charge in [-0.25, -0.2) is 0 Å². The van der Waals surface area contributed by atoms with Crippen LogP contribution in [0, 0.1) is 0 Å². The molecule has 3 nitrogen and oxygen atoms in total. The first-order chi connectivity index (χ1) is 8.80. The standard InChI is InChI=1S/C8H6O2.C7H6O/c9-5-7-1-2-8(6-10)4-3-7;8-6-7-4-2-1-3-5-7/h1-6H;1-6H. The molecule has 2 aromatic carbocycles. The summed E-state index contributed by atoms with van der Waals surface area (Å²) >= 11 is 0. The molecular weight excluding hydrogens is 228 g/mol. The maximum Gasteiger partial charge on any atom is 0.150 e. The van der Waals surface area contributed by atoms with Crippen LogP contribution in [0.2, 0.25) is 0 Å². The lowest BCUT2D eigenvalue weighted by Gasteiger charge is -1.88. The van der Waals surface area contributed by atoms with E-state index in [0.29, 0.717) is 11.1 Å². The third kappa shape index (κ3) is 4.53. The van der Waals surface area contributed by atoms with Gasteiger partial charge in [0.15, 0.2) is 0 Å². The van der Waals surface area contributed by atoms with Gasteiger partial charge in [0.05, 0.1) is 0 Å². The highest BCUT2D eigenvalue weighted by Gasteiger charge is 1.89. The van der Waals surface area contributed by atoms with E-state index in [0.717, 1.165) is 24.4 Å². The molecule has 0 amide bonds. The second-order valence-electron chi connectivity index (χ2n) is 3.43. The van der Waals surface area contributed by atoms with Crippen molar-refractivity contribution in [2.75, 3.05) is 0 Å². The van der Waals surface area contributed by atoms with Crippen molar-refractivity contribution in [2.45, 2.75) is 0 Å². The highest BCUT2D eigenvalue weighted by Crippen LogP contribution is 1.98. The molecule has 0 fully saturated rings. The number of hydrogen-bond donors (Lipinski definition) is 0. The van der Waals surface area contributed by atoms with E-state index in [4.69, 9.17) is 0 Å². The van der Waals surface area contributed by atoms with E-state index >= 15 is 0 Å². The summed E-state index contributed by atoms with van der Waals surface area (Å²) in [6.07, 6.45) is 2.32. The highest BCUT2D eigenvalue weighted by atomic mass is 16.1. The molecule has 2 aromatic rings. The zero-order valence-corrected chi connectivity index (χ0v) is 9.65. The topological polar surface area (TPSA) is 51.2 Å². The van der Waals surface area contributed by atoms with Crippen molar-refractivity contribution >= 4 is 18.9 Å². The fourth-order valence-electron chi connectivity index (χ4n) is 1.18. The summed E-state index contributed by atoms with van der Waals surface area (Å²) in [5, 5.41) is 0. The summed E-state index contributed by atoms with van der Waals surface area (Å²) < 4.78 is 0. The van der Waals surface area contributed by atoms with Crippen LogP contribution in [0.15, 0.2) is 54.6 Å². The van der Waals surface area contributed by atoms with Crippen LogP contribution in [0.25, 0.3) is 0 Å². The van der Waals surface area contributed by atoms with Crippen molar-refractivity contribution in [1.29, 1.82) is 0 Å². The van der Waals surface area contributed by atoms with Gasteiger partial charge in [0.25, 0.3) is 0 Å². The summed E-state index contributed by atoms with van der Waals surface area (Å²) in [4.78, 5) is 30.2. The van der Waals surface area contributed by atoms with E-state index in [9.17, 15) is 14.4 Å². The van der Waals surface area contributed by atoms with Gasteiger partial charge in [-0.3, -0.25) is 14.4 Å². The Kier molecular flexibility index (Phi) is 5.77. The van der Waals surface area contributed by atoms with E-state index in [1.807, 2.05) is 18.2 Å². The van der Waals surface area contributed by atoms with Crippen LogP contribution >= 0.6 is 0 Å². The molecule has 0 aromatic heterocycles.